The minimum atomic E-state index is -0.626. The van der Waals surface area contributed by atoms with Crippen molar-refractivity contribution >= 4 is 23.3 Å². The Morgan fingerprint density at radius 1 is 1.42 bits per heavy atom. The number of ether oxygens (including phenoxy) is 1. The average Bonchev–Trinajstić information content (AvgIpc) is 2.38. The number of nitrogen functional groups attached to an aromatic ring is 1. The first-order valence-corrected chi connectivity index (χ1v) is 6.54. The number of halogens is 1. The molecule has 106 valence electrons. The van der Waals surface area contributed by atoms with Gasteiger partial charge in [-0.15, -0.1) is 0 Å². The molecule has 3 N–H and O–H groups in total. The fraction of sp³-hybridized carbons (Fsp3) is 0.462. The number of benzene rings is 1. The third kappa shape index (κ3) is 4.29. The van der Waals surface area contributed by atoms with Crippen LogP contribution in [0.3, 0.4) is 0 Å². The molecule has 0 aliphatic heterocycles. The summed E-state index contributed by atoms with van der Waals surface area (Å²) in [7, 11) is 0. The highest BCUT2D eigenvalue weighted by atomic mass is 35.5. The Bertz CT molecular complexity index is 448. The van der Waals surface area contributed by atoms with E-state index in [2.05, 4.69) is 4.90 Å². The average molecular weight is 287 g/mol. The number of nitrogens with zero attached hydrogens (tertiary/aromatic N) is 1. The molecule has 0 aromatic heterocycles. The number of hydrogen-bond donors (Lipinski definition) is 2. The number of hydrogen-bond acceptors (Lipinski definition) is 5. The molecule has 0 atom stereocenters. The Balaban J connectivity index is 2.64. The smallest absolute Gasteiger partial charge is 0.342 e. The zero-order valence-electron chi connectivity index (χ0n) is 11.1. The molecule has 0 aliphatic rings. The summed E-state index contributed by atoms with van der Waals surface area (Å²) in [5.41, 5.74) is 5.58. The van der Waals surface area contributed by atoms with Gasteiger partial charge in [-0.05, 0) is 25.2 Å². The standard InChI is InChI=1S/C13H19ClN2O3/c1-3-16(4-2)5-6-19-13(18)10-7-9(14)8-11(15)12(10)17/h7-8,17H,3-6,15H2,1-2H3. The number of phenols is 1. The first kappa shape index (κ1) is 15.6. The fourth-order valence-corrected chi connectivity index (χ4v) is 1.89. The van der Waals surface area contributed by atoms with E-state index in [0.29, 0.717) is 6.54 Å². The van der Waals surface area contributed by atoms with Crippen molar-refractivity contribution in [3.8, 4) is 5.75 Å². The molecule has 0 heterocycles. The van der Waals surface area contributed by atoms with Crippen LogP contribution in [-0.2, 0) is 4.74 Å². The van der Waals surface area contributed by atoms with Gasteiger partial charge in [-0.3, -0.25) is 0 Å². The third-order valence-electron chi connectivity index (χ3n) is 2.86. The highest BCUT2D eigenvalue weighted by Crippen LogP contribution is 2.29. The number of phenolic OH excluding ortho intramolecular Hbond substituents is 1. The minimum absolute atomic E-state index is 0.00968. The molecule has 0 radical (unpaired) electrons. The summed E-state index contributed by atoms with van der Waals surface area (Å²) in [6.45, 7) is 6.76. The van der Waals surface area contributed by atoms with Crippen LogP contribution in [0.25, 0.3) is 0 Å². The molecule has 0 unspecified atom stereocenters. The van der Waals surface area contributed by atoms with E-state index in [1.165, 1.54) is 12.1 Å². The Morgan fingerprint density at radius 2 is 2.05 bits per heavy atom. The van der Waals surface area contributed by atoms with Crippen molar-refractivity contribution < 1.29 is 14.6 Å². The summed E-state index contributed by atoms with van der Waals surface area (Å²) in [4.78, 5) is 13.9. The van der Waals surface area contributed by atoms with Gasteiger partial charge >= 0.3 is 5.97 Å². The summed E-state index contributed by atoms with van der Waals surface area (Å²) >= 11 is 5.79. The maximum atomic E-state index is 11.8. The van der Waals surface area contributed by atoms with Crippen LogP contribution in [-0.4, -0.2) is 42.2 Å². The molecule has 0 bridgehead atoms. The normalized spacial score (nSPS) is 10.7. The molecule has 1 aromatic rings. The largest absolute Gasteiger partial charge is 0.505 e. The molecule has 0 amide bonds. The molecule has 6 heteroatoms. The Labute approximate surface area is 117 Å². The number of carbonyl (C=O) groups excluding carboxylic acids is 1. The molecule has 1 rings (SSSR count). The molecular formula is C13H19ClN2O3. The second-order valence-corrected chi connectivity index (χ2v) is 4.49. The maximum absolute atomic E-state index is 11.8. The van der Waals surface area contributed by atoms with Gasteiger partial charge in [0, 0.05) is 11.6 Å². The molecule has 0 aliphatic carbocycles. The predicted molar refractivity (Wildman–Crippen MR) is 75.6 cm³/mol. The second-order valence-electron chi connectivity index (χ2n) is 4.05. The van der Waals surface area contributed by atoms with Gasteiger partial charge < -0.3 is 20.5 Å². The number of anilines is 1. The van der Waals surface area contributed by atoms with Crippen molar-refractivity contribution in [3.63, 3.8) is 0 Å². The topological polar surface area (TPSA) is 75.8 Å². The van der Waals surface area contributed by atoms with Crippen LogP contribution in [0.15, 0.2) is 12.1 Å². The molecule has 0 saturated carbocycles. The van der Waals surface area contributed by atoms with Crippen molar-refractivity contribution in [2.24, 2.45) is 0 Å². The molecule has 0 fully saturated rings. The van der Waals surface area contributed by atoms with Gasteiger partial charge in [-0.1, -0.05) is 25.4 Å². The van der Waals surface area contributed by atoms with Crippen molar-refractivity contribution in [3.05, 3.63) is 22.7 Å². The lowest BCUT2D eigenvalue weighted by Crippen LogP contribution is -2.27. The van der Waals surface area contributed by atoms with Crippen LogP contribution in [0, 0.1) is 0 Å². The maximum Gasteiger partial charge on any atom is 0.342 e. The predicted octanol–water partition coefficient (Wildman–Crippen LogP) is 2.13. The highest BCUT2D eigenvalue weighted by Gasteiger charge is 2.16. The monoisotopic (exact) mass is 286 g/mol. The van der Waals surface area contributed by atoms with Crippen LogP contribution in [0.4, 0.5) is 5.69 Å². The SMILES string of the molecule is CCN(CC)CCOC(=O)c1cc(Cl)cc(N)c1O. The van der Waals surface area contributed by atoms with E-state index in [-0.39, 0.29) is 28.6 Å². The molecular weight excluding hydrogens is 268 g/mol. The number of aromatic hydroxyl groups is 1. The summed E-state index contributed by atoms with van der Waals surface area (Å²) in [5.74, 6) is -0.920. The van der Waals surface area contributed by atoms with E-state index in [1.54, 1.807) is 0 Å². The van der Waals surface area contributed by atoms with E-state index < -0.39 is 5.97 Å². The second kappa shape index (κ2) is 7.21. The van der Waals surface area contributed by atoms with Crippen molar-refractivity contribution in [2.75, 3.05) is 32.0 Å². The van der Waals surface area contributed by atoms with E-state index in [4.69, 9.17) is 22.1 Å². The van der Waals surface area contributed by atoms with Gasteiger partial charge in [0.25, 0.3) is 0 Å². The van der Waals surface area contributed by atoms with E-state index in [1.807, 2.05) is 13.8 Å². The van der Waals surface area contributed by atoms with Gasteiger partial charge in [-0.25, -0.2) is 4.79 Å². The summed E-state index contributed by atoms with van der Waals surface area (Å²) in [6, 6.07) is 2.72. The van der Waals surface area contributed by atoms with Crippen molar-refractivity contribution in [1.82, 2.24) is 4.90 Å². The van der Waals surface area contributed by atoms with E-state index in [0.717, 1.165) is 13.1 Å². The molecule has 5 nitrogen and oxygen atoms in total. The molecule has 0 saturated heterocycles. The van der Waals surface area contributed by atoms with Crippen molar-refractivity contribution in [1.29, 1.82) is 0 Å². The number of likely N-dealkylation sites (N-methyl/N-ethyl adjacent to an activating group) is 1. The lowest BCUT2D eigenvalue weighted by Gasteiger charge is -2.17. The van der Waals surface area contributed by atoms with Gasteiger partial charge in [0.1, 0.15) is 12.2 Å². The fourth-order valence-electron chi connectivity index (χ4n) is 1.66. The van der Waals surface area contributed by atoms with Crippen LogP contribution >= 0.6 is 11.6 Å². The third-order valence-corrected chi connectivity index (χ3v) is 3.08. The molecule has 19 heavy (non-hydrogen) atoms. The zero-order valence-corrected chi connectivity index (χ0v) is 11.9. The Hall–Kier alpha value is -1.46. The number of rotatable bonds is 6. The van der Waals surface area contributed by atoms with Gasteiger partial charge in [-0.2, -0.15) is 0 Å². The van der Waals surface area contributed by atoms with E-state index in [9.17, 15) is 9.90 Å². The van der Waals surface area contributed by atoms with Gasteiger partial charge in [0.05, 0.1) is 5.69 Å². The quantitative estimate of drug-likeness (QED) is 0.476. The van der Waals surface area contributed by atoms with Crippen LogP contribution < -0.4 is 5.73 Å². The van der Waals surface area contributed by atoms with Gasteiger partial charge in [0.15, 0.2) is 5.75 Å². The van der Waals surface area contributed by atoms with E-state index >= 15 is 0 Å². The summed E-state index contributed by atoms with van der Waals surface area (Å²) in [5, 5.41) is 9.98. The lowest BCUT2D eigenvalue weighted by molar-refractivity contribution is 0.0463. The number of esters is 1. The van der Waals surface area contributed by atoms with Crippen LogP contribution in [0.1, 0.15) is 24.2 Å². The zero-order chi connectivity index (χ0) is 14.4. The van der Waals surface area contributed by atoms with Crippen LogP contribution in [0.5, 0.6) is 5.75 Å². The number of carbonyl (C=O) groups is 1. The molecule has 1 aromatic carbocycles. The Kier molecular flexibility index (Phi) is 5.92. The summed E-state index contributed by atoms with van der Waals surface area (Å²) in [6.07, 6.45) is 0. The van der Waals surface area contributed by atoms with Crippen LogP contribution in [0.2, 0.25) is 5.02 Å². The van der Waals surface area contributed by atoms with Crippen molar-refractivity contribution in [2.45, 2.75) is 13.8 Å². The molecule has 0 spiro atoms. The lowest BCUT2D eigenvalue weighted by atomic mass is 10.2. The Morgan fingerprint density at radius 3 is 2.63 bits per heavy atom. The first-order chi connectivity index (χ1) is 8.99. The first-order valence-electron chi connectivity index (χ1n) is 6.17. The minimum Gasteiger partial charge on any atom is -0.505 e. The number of nitrogens with two attached hydrogens (primary N) is 1. The highest BCUT2D eigenvalue weighted by molar-refractivity contribution is 6.31. The van der Waals surface area contributed by atoms with Gasteiger partial charge in [0.2, 0.25) is 0 Å². The summed E-state index contributed by atoms with van der Waals surface area (Å²) < 4.78 is 5.10.